The third-order valence-electron chi connectivity index (χ3n) is 2.25. The molecule has 1 aliphatic rings. The minimum absolute atomic E-state index is 0.167. The summed E-state index contributed by atoms with van der Waals surface area (Å²) in [4.78, 5) is 0. The number of fused-ring (bicyclic) bond motifs is 1. The summed E-state index contributed by atoms with van der Waals surface area (Å²) in [6, 6.07) is 6.45. The van der Waals surface area contributed by atoms with E-state index < -0.39 is 0 Å². The molecule has 0 bridgehead atoms. The zero-order valence-corrected chi connectivity index (χ0v) is 7.37. The molecule has 0 N–H and O–H groups in total. The lowest BCUT2D eigenvalue weighted by Gasteiger charge is -2.08. The maximum absolute atomic E-state index is 5.31. The molecule has 1 heteroatoms. The van der Waals surface area contributed by atoms with Crippen LogP contribution in [-0.4, -0.2) is 7.11 Å². The van der Waals surface area contributed by atoms with Gasteiger partial charge in [-0.1, -0.05) is 35.9 Å². The highest BCUT2D eigenvalue weighted by molar-refractivity contribution is 5.62. The van der Waals surface area contributed by atoms with Crippen LogP contribution in [0.2, 0.25) is 0 Å². The van der Waals surface area contributed by atoms with E-state index in [1.807, 2.05) is 0 Å². The van der Waals surface area contributed by atoms with E-state index in [1.54, 1.807) is 7.11 Å². The first-order chi connectivity index (χ1) is 5.81. The van der Waals surface area contributed by atoms with Crippen LogP contribution in [-0.2, 0) is 4.74 Å². The van der Waals surface area contributed by atoms with Crippen molar-refractivity contribution in [2.24, 2.45) is 0 Å². The number of benzene rings is 1. The highest BCUT2D eigenvalue weighted by atomic mass is 16.5. The fourth-order valence-corrected chi connectivity index (χ4v) is 1.59. The van der Waals surface area contributed by atoms with Crippen LogP contribution < -0.4 is 0 Å². The molecule has 0 spiro atoms. The van der Waals surface area contributed by atoms with Gasteiger partial charge in [-0.25, -0.2) is 0 Å². The van der Waals surface area contributed by atoms with E-state index in [-0.39, 0.29) is 6.10 Å². The Hall–Kier alpha value is -1.08. The molecule has 0 fully saturated rings. The quantitative estimate of drug-likeness (QED) is 0.613. The van der Waals surface area contributed by atoms with Gasteiger partial charge >= 0.3 is 0 Å². The van der Waals surface area contributed by atoms with Crippen molar-refractivity contribution < 1.29 is 4.74 Å². The molecule has 1 aromatic carbocycles. The maximum Gasteiger partial charge on any atom is 0.101 e. The van der Waals surface area contributed by atoms with Crippen molar-refractivity contribution in [1.29, 1.82) is 0 Å². The molecule has 2 rings (SSSR count). The van der Waals surface area contributed by atoms with Crippen molar-refractivity contribution in [2.45, 2.75) is 13.0 Å². The number of aryl methyl sites for hydroxylation is 1. The van der Waals surface area contributed by atoms with Crippen molar-refractivity contribution in [3.63, 3.8) is 0 Å². The first-order valence-electron chi connectivity index (χ1n) is 4.13. The highest BCUT2D eigenvalue weighted by Gasteiger charge is 2.15. The number of hydrogen-bond donors (Lipinski definition) is 0. The Morgan fingerprint density at radius 2 is 2.17 bits per heavy atom. The topological polar surface area (TPSA) is 9.23 Å². The van der Waals surface area contributed by atoms with Crippen LogP contribution in [0.4, 0.5) is 0 Å². The molecule has 0 radical (unpaired) electrons. The van der Waals surface area contributed by atoms with Crippen molar-refractivity contribution in [2.75, 3.05) is 7.11 Å². The molecule has 1 aliphatic carbocycles. The summed E-state index contributed by atoms with van der Waals surface area (Å²) in [5.74, 6) is 0. The molecule has 0 amide bonds. The van der Waals surface area contributed by atoms with E-state index in [9.17, 15) is 0 Å². The largest absolute Gasteiger partial charge is 0.373 e. The first-order valence-corrected chi connectivity index (χ1v) is 4.13. The molecule has 0 heterocycles. The Bertz CT molecular complexity index is 326. The maximum atomic E-state index is 5.31. The zero-order chi connectivity index (χ0) is 8.55. The fraction of sp³-hybridized carbons (Fsp3) is 0.273. The van der Waals surface area contributed by atoms with Gasteiger partial charge in [0.25, 0.3) is 0 Å². The normalized spacial score (nSPS) is 19.7. The lowest BCUT2D eigenvalue weighted by atomic mass is 10.1. The van der Waals surface area contributed by atoms with Gasteiger partial charge in [-0.3, -0.25) is 0 Å². The molecule has 62 valence electrons. The van der Waals surface area contributed by atoms with Gasteiger partial charge in [0, 0.05) is 7.11 Å². The summed E-state index contributed by atoms with van der Waals surface area (Å²) < 4.78 is 5.31. The van der Waals surface area contributed by atoms with Crippen molar-refractivity contribution in [3.05, 3.63) is 41.0 Å². The Kier molecular flexibility index (Phi) is 1.74. The zero-order valence-electron chi connectivity index (χ0n) is 7.37. The predicted molar refractivity (Wildman–Crippen MR) is 50.0 cm³/mol. The average Bonchev–Trinajstić information content (AvgIpc) is 2.46. The molecular formula is C11H12O. The molecule has 12 heavy (non-hydrogen) atoms. The minimum atomic E-state index is 0.167. The number of ether oxygens (including phenoxy) is 1. The summed E-state index contributed by atoms with van der Waals surface area (Å²) in [6.07, 6.45) is 4.37. The van der Waals surface area contributed by atoms with Crippen LogP contribution in [0.1, 0.15) is 22.8 Å². The van der Waals surface area contributed by atoms with Crippen molar-refractivity contribution in [3.8, 4) is 0 Å². The number of rotatable bonds is 1. The van der Waals surface area contributed by atoms with Gasteiger partial charge in [0.2, 0.25) is 0 Å². The van der Waals surface area contributed by atoms with Gasteiger partial charge in [-0.05, 0) is 18.1 Å². The molecule has 1 unspecified atom stereocenters. The summed E-state index contributed by atoms with van der Waals surface area (Å²) in [5.41, 5.74) is 3.87. The Morgan fingerprint density at radius 1 is 1.33 bits per heavy atom. The first kappa shape index (κ1) is 7.56. The fourth-order valence-electron chi connectivity index (χ4n) is 1.59. The highest BCUT2D eigenvalue weighted by Crippen LogP contribution is 2.30. The SMILES string of the molecule is COC1C=Cc2ccc(C)cc21. The Labute approximate surface area is 72.7 Å². The average molecular weight is 160 g/mol. The number of methoxy groups -OCH3 is 1. The van der Waals surface area contributed by atoms with Gasteiger partial charge in [-0.15, -0.1) is 0 Å². The minimum Gasteiger partial charge on any atom is -0.373 e. The van der Waals surface area contributed by atoms with Crippen LogP contribution >= 0.6 is 0 Å². The van der Waals surface area contributed by atoms with Gasteiger partial charge in [0.05, 0.1) is 0 Å². The second kappa shape index (κ2) is 2.76. The monoisotopic (exact) mass is 160 g/mol. The second-order valence-electron chi connectivity index (χ2n) is 3.15. The smallest absolute Gasteiger partial charge is 0.101 e. The molecule has 0 aromatic heterocycles. The van der Waals surface area contributed by atoms with E-state index in [1.165, 1.54) is 16.7 Å². The van der Waals surface area contributed by atoms with Crippen LogP contribution in [0.25, 0.3) is 6.08 Å². The molecular weight excluding hydrogens is 148 g/mol. The van der Waals surface area contributed by atoms with Crippen LogP contribution in [0, 0.1) is 6.92 Å². The summed E-state index contributed by atoms with van der Waals surface area (Å²) in [5, 5.41) is 0. The molecule has 0 aliphatic heterocycles. The summed E-state index contributed by atoms with van der Waals surface area (Å²) in [7, 11) is 1.74. The van der Waals surface area contributed by atoms with Gasteiger partial charge in [0.1, 0.15) is 6.10 Å². The van der Waals surface area contributed by atoms with Crippen LogP contribution in [0.15, 0.2) is 24.3 Å². The summed E-state index contributed by atoms with van der Waals surface area (Å²) >= 11 is 0. The Balaban J connectivity index is 2.48. The van der Waals surface area contributed by atoms with E-state index in [4.69, 9.17) is 4.74 Å². The lowest BCUT2D eigenvalue weighted by molar-refractivity contribution is 0.145. The molecule has 0 saturated carbocycles. The summed E-state index contributed by atoms with van der Waals surface area (Å²) in [6.45, 7) is 2.10. The lowest BCUT2D eigenvalue weighted by Crippen LogP contribution is -1.95. The van der Waals surface area contributed by atoms with E-state index in [2.05, 4.69) is 37.3 Å². The predicted octanol–water partition coefficient (Wildman–Crippen LogP) is 2.71. The van der Waals surface area contributed by atoms with Crippen molar-refractivity contribution in [1.82, 2.24) is 0 Å². The Morgan fingerprint density at radius 3 is 2.92 bits per heavy atom. The van der Waals surface area contributed by atoms with E-state index in [0.29, 0.717) is 0 Å². The van der Waals surface area contributed by atoms with Crippen molar-refractivity contribution >= 4 is 6.08 Å². The van der Waals surface area contributed by atoms with Gasteiger partial charge in [0.15, 0.2) is 0 Å². The third kappa shape index (κ3) is 1.07. The van der Waals surface area contributed by atoms with Crippen LogP contribution in [0.3, 0.4) is 0 Å². The number of hydrogen-bond acceptors (Lipinski definition) is 1. The molecule has 1 atom stereocenters. The molecule has 1 aromatic rings. The standard InChI is InChI=1S/C11H12O/c1-8-3-4-9-5-6-11(12-2)10(9)7-8/h3-7,11H,1-2H3. The van der Waals surface area contributed by atoms with Gasteiger partial charge in [-0.2, -0.15) is 0 Å². The van der Waals surface area contributed by atoms with Gasteiger partial charge < -0.3 is 4.74 Å². The second-order valence-corrected chi connectivity index (χ2v) is 3.15. The van der Waals surface area contributed by atoms with Crippen LogP contribution in [0.5, 0.6) is 0 Å². The van der Waals surface area contributed by atoms with E-state index in [0.717, 1.165) is 0 Å². The molecule has 1 nitrogen and oxygen atoms in total. The third-order valence-corrected chi connectivity index (χ3v) is 2.25. The molecule has 0 saturated heterocycles. The van der Waals surface area contributed by atoms with E-state index >= 15 is 0 Å².